The molecule has 0 atom stereocenters. The van der Waals surface area contributed by atoms with E-state index in [9.17, 15) is 9.18 Å². The molecular formula is C22H20ClFN4OS. The largest absolute Gasteiger partial charge is 0.323 e. The average molecular weight is 443 g/mol. The molecule has 1 aromatic carbocycles. The molecule has 1 fully saturated rings. The first-order chi connectivity index (χ1) is 14.4. The van der Waals surface area contributed by atoms with Gasteiger partial charge in [-0.15, -0.1) is 0 Å². The maximum absolute atomic E-state index is 14.5. The van der Waals surface area contributed by atoms with E-state index in [0.717, 1.165) is 35.1 Å². The fourth-order valence-corrected chi connectivity index (χ4v) is 4.25. The van der Waals surface area contributed by atoms with Crippen molar-refractivity contribution in [1.29, 1.82) is 0 Å². The number of hydrogen-bond acceptors (Lipinski definition) is 5. The van der Waals surface area contributed by atoms with Gasteiger partial charge in [0.1, 0.15) is 11.6 Å². The summed E-state index contributed by atoms with van der Waals surface area (Å²) in [4.78, 5) is 20.2. The van der Waals surface area contributed by atoms with Gasteiger partial charge in [0.05, 0.1) is 10.6 Å². The molecule has 1 amide bonds. The molecule has 3 aromatic rings. The molecule has 2 heterocycles. The zero-order valence-corrected chi connectivity index (χ0v) is 18.1. The van der Waals surface area contributed by atoms with Crippen molar-refractivity contribution in [2.24, 2.45) is 0 Å². The van der Waals surface area contributed by atoms with Crippen molar-refractivity contribution in [3.63, 3.8) is 0 Å². The van der Waals surface area contributed by atoms with E-state index in [-0.39, 0.29) is 11.7 Å². The van der Waals surface area contributed by atoms with E-state index < -0.39 is 0 Å². The molecule has 30 heavy (non-hydrogen) atoms. The van der Waals surface area contributed by atoms with Crippen LogP contribution in [0.3, 0.4) is 0 Å². The maximum atomic E-state index is 14.5. The van der Waals surface area contributed by atoms with E-state index in [0.29, 0.717) is 27.5 Å². The molecule has 2 aromatic heterocycles. The second-order valence-electron chi connectivity index (χ2n) is 7.24. The fraction of sp³-hybridized carbons (Fsp3) is 0.227. The number of hydrogen-bond donors (Lipinski definition) is 2. The highest BCUT2D eigenvalue weighted by Crippen LogP contribution is 2.41. The number of benzene rings is 1. The molecule has 2 N–H and O–H groups in total. The van der Waals surface area contributed by atoms with Gasteiger partial charge in [0, 0.05) is 24.9 Å². The minimum atomic E-state index is -0.246. The van der Waals surface area contributed by atoms with Crippen molar-refractivity contribution in [3.05, 3.63) is 64.8 Å². The molecule has 0 spiro atoms. The zero-order valence-electron chi connectivity index (χ0n) is 16.5. The lowest BCUT2D eigenvalue weighted by Gasteiger charge is -2.15. The Bertz CT molecular complexity index is 1120. The zero-order chi connectivity index (χ0) is 21.3. The summed E-state index contributed by atoms with van der Waals surface area (Å²) >= 11 is 7.49. The molecule has 1 aliphatic carbocycles. The Balaban J connectivity index is 1.58. The van der Waals surface area contributed by atoms with Crippen LogP contribution in [-0.4, -0.2) is 15.9 Å². The summed E-state index contributed by atoms with van der Waals surface area (Å²) < 4.78 is 17.6. The summed E-state index contributed by atoms with van der Waals surface area (Å²) in [6.45, 7) is 3.34. The second kappa shape index (κ2) is 8.62. The third-order valence-corrected chi connectivity index (χ3v) is 6.08. The van der Waals surface area contributed by atoms with Crippen LogP contribution in [0.1, 0.15) is 36.8 Å². The molecule has 5 nitrogen and oxygen atoms in total. The molecule has 1 saturated carbocycles. The van der Waals surface area contributed by atoms with Crippen LogP contribution in [0.2, 0.25) is 5.15 Å². The highest BCUT2D eigenvalue weighted by Gasteiger charge is 2.24. The van der Waals surface area contributed by atoms with E-state index in [1.807, 2.05) is 19.1 Å². The number of anilines is 2. The van der Waals surface area contributed by atoms with Gasteiger partial charge in [-0.05, 0) is 78.6 Å². The van der Waals surface area contributed by atoms with Crippen LogP contribution in [0, 0.1) is 12.7 Å². The topological polar surface area (TPSA) is 66.9 Å². The van der Waals surface area contributed by atoms with E-state index in [2.05, 4.69) is 20.0 Å². The van der Waals surface area contributed by atoms with Gasteiger partial charge in [-0.3, -0.25) is 4.79 Å². The van der Waals surface area contributed by atoms with Crippen molar-refractivity contribution in [3.8, 4) is 11.1 Å². The van der Waals surface area contributed by atoms with Crippen molar-refractivity contribution >= 4 is 41.0 Å². The number of aromatic nitrogens is 2. The lowest BCUT2D eigenvalue weighted by atomic mass is 10.0. The number of amides is 1. The molecule has 4 rings (SSSR count). The molecule has 1 aliphatic rings. The first-order valence-corrected chi connectivity index (χ1v) is 10.7. The Kier molecular flexibility index (Phi) is 5.92. The van der Waals surface area contributed by atoms with Crippen molar-refractivity contribution in [1.82, 2.24) is 9.97 Å². The van der Waals surface area contributed by atoms with Crippen LogP contribution < -0.4 is 10.0 Å². The number of nitrogens with zero attached hydrogens (tertiary/aromatic N) is 2. The summed E-state index contributed by atoms with van der Waals surface area (Å²) in [5, 5.41) is 2.97. The molecule has 154 valence electrons. The average Bonchev–Trinajstić information content (AvgIpc) is 3.54. The Morgan fingerprint density at radius 1 is 1.23 bits per heavy atom. The molecule has 0 saturated heterocycles. The smallest absolute Gasteiger partial charge is 0.222 e. The summed E-state index contributed by atoms with van der Waals surface area (Å²) in [5.74, 6) is 0.519. The monoisotopic (exact) mass is 442 g/mol. The van der Waals surface area contributed by atoms with Gasteiger partial charge in [-0.2, -0.15) is 0 Å². The van der Waals surface area contributed by atoms with Gasteiger partial charge in [0.25, 0.3) is 0 Å². The molecule has 0 unspecified atom stereocenters. The van der Waals surface area contributed by atoms with Gasteiger partial charge >= 0.3 is 0 Å². The predicted octanol–water partition coefficient (Wildman–Crippen LogP) is 6.20. The van der Waals surface area contributed by atoms with Gasteiger partial charge in [-0.1, -0.05) is 17.7 Å². The van der Waals surface area contributed by atoms with E-state index in [4.69, 9.17) is 11.6 Å². The summed E-state index contributed by atoms with van der Waals surface area (Å²) in [5.41, 5.74) is 4.20. The number of pyridine rings is 2. The van der Waals surface area contributed by atoms with E-state index in [1.165, 1.54) is 18.9 Å². The minimum absolute atomic E-state index is 0.195. The molecular weight excluding hydrogens is 423 g/mol. The lowest BCUT2D eigenvalue weighted by molar-refractivity contribution is -0.114. The summed E-state index contributed by atoms with van der Waals surface area (Å²) in [6, 6.07) is 8.99. The molecule has 0 radical (unpaired) electrons. The SMILES string of the molecule is CC(=O)Nc1cc(-c2cnc(Cl)c(NSc3ccc(C4CC4)cc3F)c2C)ccn1. The Hall–Kier alpha value is -2.64. The van der Waals surface area contributed by atoms with Crippen LogP contribution >= 0.6 is 23.5 Å². The van der Waals surface area contributed by atoms with Crippen LogP contribution in [-0.2, 0) is 4.79 Å². The number of nitrogens with one attached hydrogen (secondary N) is 2. The predicted molar refractivity (Wildman–Crippen MR) is 119 cm³/mol. The molecule has 0 aliphatic heterocycles. The van der Waals surface area contributed by atoms with Crippen LogP contribution in [0.15, 0.2) is 47.6 Å². The molecule has 8 heteroatoms. The lowest BCUT2D eigenvalue weighted by Crippen LogP contribution is -2.07. The third-order valence-electron chi connectivity index (χ3n) is 4.94. The third kappa shape index (κ3) is 4.57. The van der Waals surface area contributed by atoms with Gasteiger partial charge in [0.15, 0.2) is 5.15 Å². The Morgan fingerprint density at radius 3 is 2.73 bits per heavy atom. The fourth-order valence-electron chi connectivity index (χ4n) is 3.20. The van der Waals surface area contributed by atoms with Gasteiger partial charge < -0.3 is 10.0 Å². The minimum Gasteiger partial charge on any atom is -0.323 e. The maximum Gasteiger partial charge on any atom is 0.222 e. The number of carbonyl (C=O) groups excluding carboxylic acids is 1. The van der Waals surface area contributed by atoms with Gasteiger partial charge in [0.2, 0.25) is 5.91 Å². The van der Waals surface area contributed by atoms with Crippen LogP contribution in [0.25, 0.3) is 11.1 Å². The number of carbonyl (C=O) groups is 1. The normalized spacial score (nSPS) is 13.2. The van der Waals surface area contributed by atoms with Crippen LogP contribution in [0.5, 0.6) is 0 Å². The quantitative estimate of drug-likeness (QED) is 0.351. The summed E-state index contributed by atoms with van der Waals surface area (Å²) in [7, 11) is 0. The summed E-state index contributed by atoms with van der Waals surface area (Å²) in [6.07, 6.45) is 5.56. The standard InChI is InChI=1S/C22H20ClFN4OS/c1-12-17(16-7-8-25-20(10-16)27-13(2)29)11-26-22(23)21(12)28-30-19-6-5-15(9-18(19)24)14-3-4-14/h5-11,14,28H,3-4H2,1-2H3,(H,25,27,29). The highest BCUT2D eigenvalue weighted by molar-refractivity contribution is 8.00. The number of rotatable bonds is 6. The van der Waals surface area contributed by atoms with Crippen molar-refractivity contribution in [2.45, 2.75) is 37.5 Å². The van der Waals surface area contributed by atoms with E-state index in [1.54, 1.807) is 30.6 Å². The van der Waals surface area contributed by atoms with Crippen LogP contribution in [0.4, 0.5) is 15.9 Å². The molecule has 0 bridgehead atoms. The Labute approximate surface area is 183 Å². The number of halogens is 2. The Morgan fingerprint density at radius 2 is 2.03 bits per heavy atom. The van der Waals surface area contributed by atoms with Gasteiger partial charge in [-0.25, -0.2) is 14.4 Å². The van der Waals surface area contributed by atoms with Crippen molar-refractivity contribution in [2.75, 3.05) is 10.0 Å². The van der Waals surface area contributed by atoms with Crippen molar-refractivity contribution < 1.29 is 9.18 Å². The highest BCUT2D eigenvalue weighted by atomic mass is 35.5. The first kappa shape index (κ1) is 20.6. The first-order valence-electron chi connectivity index (χ1n) is 9.54. The second-order valence-corrected chi connectivity index (χ2v) is 8.45. The van der Waals surface area contributed by atoms with E-state index >= 15 is 0 Å².